The zero-order chi connectivity index (χ0) is 21.6. The first-order valence-electron chi connectivity index (χ1n) is 9.38. The lowest BCUT2D eigenvalue weighted by Gasteiger charge is -2.26. The second kappa shape index (κ2) is 7.19. The number of nitrogens with zero attached hydrogens (tertiary/aromatic N) is 5. The monoisotopic (exact) mass is 404 g/mol. The summed E-state index contributed by atoms with van der Waals surface area (Å²) in [5, 5.41) is 14.2. The van der Waals surface area contributed by atoms with Gasteiger partial charge in [-0.1, -0.05) is 6.58 Å². The Balaban J connectivity index is 1.98. The molecule has 0 saturated heterocycles. The van der Waals surface area contributed by atoms with Crippen LogP contribution in [0.3, 0.4) is 0 Å². The van der Waals surface area contributed by atoms with Crippen LogP contribution in [0.15, 0.2) is 37.0 Å². The zero-order valence-corrected chi connectivity index (χ0v) is 17.0. The Morgan fingerprint density at radius 2 is 2.10 bits per heavy atom. The summed E-state index contributed by atoms with van der Waals surface area (Å²) in [5.74, 6) is 0.200. The molecule has 0 unspecified atom stereocenters. The molecule has 8 heteroatoms. The van der Waals surface area contributed by atoms with Gasteiger partial charge in [0.15, 0.2) is 11.6 Å². The van der Waals surface area contributed by atoms with Crippen molar-refractivity contribution in [2.45, 2.75) is 19.6 Å². The summed E-state index contributed by atoms with van der Waals surface area (Å²) in [7, 11) is 3.60. The molecule has 7 nitrogen and oxygen atoms in total. The number of benzene rings is 1. The van der Waals surface area contributed by atoms with Gasteiger partial charge in [-0.2, -0.15) is 10.4 Å². The van der Waals surface area contributed by atoms with E-state index in [0.717, 1.165) is 5.56 Å². The Labute approximate surface area is 173 Å². The molecule has 0 saturated carbocycles. The van der Waals surface area contributed by atoms with Crippen LogP contribution < -0.4 is 10.5 Å². The third-order valence-electron chi connectivity index (χ3n) is 5.31. The van der Waals surface area contributed by atoms with Crippen LogP contribution in [0.2, 0.25) is 0 Å². The van der Waals surface area contributed by atoms with Crippen molar-refractivity contribution in [1.29, 1.82) is 5.26 Å². The predicted molar refractivity (Wildman–Crippen MR) is 112 cm³/mol. The number of aryl methyl sites for hydroxylation is 1. The highest BCUT2D eigenvalue weighted by Crippen LogP contribution is 2.37. The molecule has 2 bridgehead atoms. The van der Waals surface area contributed by atoms with E-state index in [2.05, 4.69) is 22.7 Å². The van der Waals surface area contributed by atoms with Crippen molar-refractivity contribution in [2.75, 3.05) is 12.8 Å². The van der Waals surface area contributed by atoms with Gasteiger partial charge in [0.25, 0.3) is 0 Å². The molecule has 152 valence electrons. The average molecular weight is 404 g/mol. The normalized spacial score (nSPS) is 15.9. The third kappa shape index (κ3) is 3.14. The standard InChI is InChI=1S/C22H21FN6O/c1-12-16-6-5-15(23)8-17(16)13(2)30-20-7-14(10-26-22(20)25)21-18(11-28(12)3)27-29(4)19(21)9-24/h5-8,10,13H,1,11H2,2-4H3,(H2,25,26)/t13-/m1/s1. The van der Waals surface area contributed by atoms with Crippen LogP contribution in [-0.2, 0) is 13.6 Å². The molecule has 4 rings (SSSR count). The molecule has 1 aromatic carbocycles. The van der Waals surface area contributed by atoms with E-state index >= 15 is 0 Å². The van der Waals surface area contributed by atoms with Crippen molar-refractivity contribution in [3.63, 3.8) is 0 Å². The maximum Gasteiger partial charge on any atom is 0.166 e. The molecule has 1 aliphatic rings. The number of nitrogen functional groups attached to an aromatic ring is 1. The topological polar surface area (TPSA) is 93.0 Å². The summed E-state index contributed by atoms with van der Waals surface area (Å²) >= 11 is 0. The Hall–Kier alpha value is -3.86. The second-order valence-corrected chi connectivity index (χ2v) is 7.31. The maximum absolute atomic E-state index is 14.1. The SMILES string of the molecule is C=C1c2ccc(F)cc2[C@@H](C)Oc2cc(cnc2N)-c2c(nn(C)c2C#N)CN1C. The van der Waals surface area contributed by atoms with Crippen LogP contribution in [0.25, 0.3) is 16.8 Å². The molecule has 3 aromatic rings. The van der Waals surface area contributed by atoms with E-state index in [0.29, 0.717) is 46.1 Å². The van der Waals surface area contributed by atoms with Crippen LogP contribution >= 0.6 is 0 Å². The Kier molecular flexibility index (Phi) is 4.66. The van der Waals surface area contributed by atoms with E-state index in [4.69, 9.17) is 10.5 Å². The van der Waals surface area contributed by atoms with Crippen LogP contribution in [0, 0.1) is 17.1 Å². The van der Waals surface area contributed by atoms with E-state index in [9.17, 15) is 9.65 Å². The first-order chi connectivity index (χ1) is 14.3. The van der Waals surface area contributed by atoms with Crippen molar-refractivity contribution in [1.82, 2.24) is 19.7 Å². The summed E-state index contributed by atoms with van der Waals surface area (Å²) in [6.45, 7) is 6.43. The lowest BCUT2D eigenvalue weighted by atomic mass is 9.99. The summed E-state index contributed by atoms with van der Waals surface area (Å²) < 4.78 is 21.7. The van der Waals surface area contributed by atoms with Gasteiger partial charge in [0.1, 0.15) is 23.7 Å². The van der Waals surface area contributed by atoms with Gasteiger partial charge in [-0.05, 0) is 31.2 Å². The minimum atomic E-state index is -0.511. The van der Waals surface area contributed by atoms with Crippen LogP contribution in [0.4, 0.5) is 10.2 Å². The first-order valence-corrected chi connectivity index (χ1v) is 9.38. The van der Waals surface area contributed by atoms with Crippen molar-refractivity contribution >= 4 is 11.5 Å². The highest BCUT2D eigenvalue weighted by Gasteiger charge is 2.24. The fourth-order valence-corrected chi connectivity index (χ4v) is 3.72. The average Bonchev–Trinajstić information content (AvgIpc) is 3.03. The van der Waals surface area contributed by atoms with Crippen LogP contribution in [0.1, 0.15) is 35.5 Å². The molecule has 0 aliphatic carbocycles. The molecular formula is C22H21FN6O. The number of pyridine rings is 1. The molecule has 1 atom stereocenters. The van der Waals surface area contributed by atoms with Crippen molar-refractivity contribution < 1.29 is 9.13 Å². The third-order valence-corrected chi connectivity index (χ3v) is 5.31. The van der Waals surface area contributed by atoms with E-state index in [-0.39, 0.29) is 11.6 Å². The second-order valence-electron chi connectivity index (χ2n) is 7.31. The zero-order valence-electron chi connectivity index (χ0n) is 17.0. The number of hydrogen-bond acceptors (Lipinski definition) is 6. The summed E-state index contributed by atoms with van der Waals surface area (Å²) in [5.41, 5.74) is 10.6. The molecule has 2 N–H and O–H groups in total. The highest BCUT2D eigenvalue weighted by atomic mass is 19.1. The lowest BCUT2D eigenvalue weighted by Crippen LogP contribution is -2.19. The Morgan fingerprint density at radius 3 is 2.83 bits per heavy atom. The van der Waals surface area contributed by atoms with E-state index in [1.165, 1.54) is 12.1 Å². The summed E-state index contributed by atoms with van der Waals surface area (Å²) in [6.07, 6.45) is 1.09. The van der Waals surface area contributed by atoms with Gasteiger partial charge in [0, 0.05) is 48.2 Å². The van der Waals surface area contributed by atoms with Crippen LogP contribution in [0.5, 0.6) is 5.75 Å². The fourth-order valence-electron chi connectivity index (χ4n) is 3.72. The number of nitriles is 1. The van der Waals surface area contributed by atoms with E-state index in [1.807, 2.05) is 18.9 Å². The molecule has 0 amide bonds. The number of ether oxygens (including phenoxy) is 1. The molecule has 1 aliphatic heterocycles. The number of fused-ring (bicyclic) bond motifs is 5. The Morgan fingerprint density at radius 1 is 1.33 bits per heavy atom. The number of nitrogens with two attached hydrogens (primary N) is 1. The quantitative estimate of drug-likeness (QED) is 0.615. The van der Waals surface area contributed by atoms with Gasteiger partial charge < -0.3 is 15.4 Å². The number of halogens is 1. The molecule has 2 aromatic heterocycles. The smallest absolute Gasteiger partial charge is 0.166 e. The van der Waals surface area contributed by atoms with Gasteiger partial charge in [-0.15, -0.1) is 0 Å². The van der Waals surface area contributed by atoms with E-state index in [1.54, 1.807) is 30.1 Å². The van der Waals surface area contributed by atoms with Gasteiger partial charge in [0.05, 0.1) is 12.2 Å². The molecular weight excluding hydrogens is 383 g/mol. The number of anilines is 1. The Bertz CT molecular complexity index is 1210. The van der Waals surface area contributed by atoms with Crippen molar-refractivity contribution in [2.24, 2.45) is 7.05 Å². The molecule has 30 heavy (non-hydrogen) atoms. The largest absolute Gasteiger partial charge is 0.482 e. The maximum atomic E-state index is 14.1. The molecule has 0 fully saturated rings. The van der Waals surface area contributed by atoms with E-state index < -0.39 is 6.10 Å². The van der Waals surface area contributed by atoms with Gasteiger partial charge >= 0.3 is 0 Å². The number of rotatable bonds is 0. The molecule has 0 radical (unpaired) electrons. The number of aromatic nitrogens is 3. The first kappa shape index (κ1) is 19.5. The predicted octanol–water partition coefficient (Wildman–Crippen LogP) is 3.63. The summed E-state index contributed by atoms with van der Waals surface area (Å²) in [6, 6.07) is 8.49. The lowest BCUT2D eigenvalue weighted by molar-refractivity contribution is 0.226. The highest BCUT2D eigenvalue weighted by molar-refractivity contribution is 5.74. The van der Waals surface area contributed by atoms with Crippen LogP contribution in [-0.4, -0.2) is 26.7 Å². The summed E-state index contributed by atoms with van der Waals surface area (Å²) in [4.78, 5) is 6.18. The van der Waals surface area contributed by atoms with Gasteiger partial charge in [-0.3, -0.25) is 4.68 Å². The minimum absolute atomic E-state index is 0.209. The van der Waals surface area contributed by atoms with Gasteiger partial charge in [0.2, 0.25) is 0 Å². The fraction of sp³-hybridized carbons (Fsp3) is 0.227. The van der Waals surface area contributed by atoms with Crippen molar-refractivity contribution in [3.8, 4) is 22.9 Å². The van der Waals surface area contributed by atoms with Gasteiger partial charge in [-0.25, -0.2) is 9.37 Å². The molecule has 3 heterocycles. The van der Waals surface area contributed by atoms with Crippen molar-refractivity contribution in [3.05, 3.63) is 65.4 Å². The number of hydrogen-bond donors (Lipinski definition) is 1. The minimum Gasteiger partial charge on any atom is -0.482 e. The molecule has 0 spiro atoms.